The molecule has 0 aliphatic rings. The molecule has 3 aromatic rings. The number of H-pyrrole nitrogens is 1. The normalized spacial score (nSPS) is 10.7. The maximum absolute atomic E-state index is 12.8. The number of nitrogens with one attached hydrogen (secondary N) is 2. The molecule has 0 bridgehead atoms. The largest absolute Gasteiger partial charge is 0.508 e. The summed E-state index contributed by atoms with van der Waals surface area (Å²) in [7, 11) is 0. The van der Waals surface area contributed by atoms with Crippen molar-refractivity contribution in [3.63, 3.8) is 0 Å². The van der Waals surface area contributed by atoms with Gasteiger partial charge in [0.1, 0.15) is 11.3 Å². The Labute approximate surface area is 157 Å². The molecule has 0 atom stereocenters. The van der Waals surface area contributed by atoms with Gasteiger partial charge < -0.3 is 15.4 Å². The highest BCUT2D eigenvalue weighted by Gasteiger charge is 2.20. The van der Waals surface area contributed by atoms with Crippen molar-refractivity contribution in [2.45, 2.75) is 26.7 Å². The standard InChI is InChI=1S/C22H22N2O3/c1-4-7-18(26)19-21(23-17-11-10-15(25)12-13(17)3)16-9-6-8-14(5-2)20(16)24-22(19)27/h5-6,8-12,25H,2,4,7H2,1,3H3,(H2,23,24,27). The van der Waals surface area contributed by atoms with E-state index in [1.807, 2.05) is 32.0 Å². The third-order valence-electron chi connectivity index (χ3n) is 4.53. The van der Waals surface area contributed by atoms with Crippen molar-refractivity contribution in [1.29, 1.82) is 0 Å². The molecule has 5 heteroatoms. The van der Waals surface area contributed by atoms with Gasteiger partial charge in [-0.2, -0.15) is 0 Å². The molecule has 0 saturated carbocycles. The molecule has 0 aliphatic carbocycles. The number of aromatic nitrogens is 1. The summed E-state index contributed by atoms with van der Waals surface area (Å²) in [5.74, 6) is -0.0476. The molecule has 0 radical (unpaired) electrons. The minimum absolute atomic E-state index is 0.123. The second-order valence-electron chi connectivity index (χ2n) is 6.48. The Bertz CT molecular complexity index is 1100. The molecule has 0 amide bonds. The number of carbonyl (C=O) groups is 1. The molecule has 0 spiro atoms. The van der Waals surface area contributed by atoms with Crippen molar-refractivity contribution in [3.05, 3.63) is 70.0 Å². The highest BCUT2D eigenvalue weighted by molar-refractivity contribution is 6.10. The zero-order valence-corrected chi connectivity index (χ0v) is 15.4. The van der Waals surface area contributed by atoms with Crippen LogP contribution in [0.1, 0.15) is 41.3 Å². The number of rotatable bonds is 6. The summed E-state index contributed by atoms with van der Waals surface area (Å²) in [5, 5.41) is 13.6. The molecule has 3 rings (SSSR count). The molecule has 1 heterocycles. The predicted molar refractivity (Wildman–Crippen MR) is 110 cm³/mol. The Morgan fingerprint density at radius 3 is 2.74 bits per heavy atom. The number of hydrogen-bond donors (Lipinski definition) is 3. The smallest absolute Gasteiger partial charge is 0.261 e. The first-order valence-electron chi connectivity index (χ1n) is 8.87. The van der Waals surface area contributed by atoms with Crippen LogP contribution in [0, 0.1) is 6.92 Å². The second-order valence-corrected chi connectivity index (χ2v) is 6.48. The first kappa shape index (κ1) is 18.5. The van der Waals surface area contributed by atoms with Crippen LogP contribution in [0.3, 0.4) is 0 Å². The van der Waals surface area contributed by atoms with E-state index >= 15 is 0 Å². The van der Waals surface area contributed by atoms with Crippen molar-refractivity contribution in [2.24, 2.45) is 0 Å². The number of aromatic amines is 1. The third kappa shape index (κ3) is 3.49. The van der Waals surface area contributed by atoms with E-state index in [1.54, 1.807) is 24.3 Å². The van der Waals surface area contributed by atoms with Gasteiger partial charge in [0.2, 0.25) is 0 Å². The van der Waals surface area contributed by atoms with Crippen LogP contribution in [0.2, 0.25) is 0 Å². The van der Waals surface area contributed by atoms with E-state index in [1.165, 1.54) is 0 Å². The average molecular weight is 362 g/mol. The van der Waals surface area contributed by atoms with Crippen LogP contribution in [0.4, 0.5) is 11.4 Å². The molecular weight excluding hydrogens is 340 g/mol. The summed E-state index contributed by atoms with van der Waals surface area (Å²) in [6.45, 7) is 7.55. The molecule has 0 fully saturated rings. The van der Waals surface area contributed by atoms with Crippen LogP contribution < -0.4 is 10.9 Å². The number of pyridine rings is 1. The number of fused-ring (bicyclic) bond motifs is 1. The summed E-state index contributed by atoms with van der Waals surface area (Å²) in [5.41, 5.74) is 3.11. The van der Waals surface area contributed by atoms with E-state index in [4.69, 9.17) is 0 Å². The summed E-state index contributed by atoms with van der Waals surface area (Å²) in [6, 6.07) is 10.5. The maximum atomic E-state index is 12.8. The Morgan fingerprint density at radius 1 is 1.30 bits per heavy atom. The zero-order valence-electron chi connectivity index (χ0n) is 15.4. The van der Waals surface area contributed by atoms with Crippen LogP contribution in [0.15, 0.2) is 47.8 Å². The van der Waals surface area contributed by atoms with Crippen LogP contribution in [-0.2, 0) is 0 Å². The summed E-state index contributed by atoms with van der Waals surface area (Å²) in [4.78, 5) is 28.3. The van der Waals surface area contributed by atoms with Crippen molar-refractivity contribution in [3.8, 4) is 5.75 Å². The summed E-state index contributed by atoms with van der Waals surface area (Å²) in [6.07, 6.45) is 2.61. The van der Waals surface area contributed by atoms with Gasteiger partial charge in [0.15, 0.2) is 5.78 Å². The number of Topliss-reactive ketones (excluding diaryl/α,β-unsaturated/α-hetero) is 1. The van der Waals surface area contributed by atoms with E-state index in [-0.39, 0.29) is 17.1 Å². The Balaban J connectivity index is 2.31. The van der Waals surface area contributed by atoms with Crippen LogP contribution in [0.25, 0.3) is 17.0 Å². The monoisotopic (exact) mass is 362 g/mol. The van der Waals surface area contributed by atoms with Crippen molar-refractivity contribution < 1.29 is 9.90 Å². The van der Waals surface area contributed by atoms with Crippen LogP contribution >= 0.6 is 0 Å². The Kier molecular flexibility index (Phi) is 5.12. The number of para-hydroxylation sites is 1. The lowest BCUT2D eigenvalue weighted by Gasteiger charge is -2.16. The van der Waals surface area contributed by atoms with Crippen molar-refractivity contribution in [2.75, 3.05) is 5.32 Å². The lowest BCUT2D eigenvalue weighted by atomic mass is 10.0. The number of benzene rings is 2. The number of ketones is 1. The van der Waals surface area contributed by atoms with Gasteiger partial charge in [0, 0.05) is 17.5 Å². The minimum Gasteiger partial charge on any atom is -0.508 e. The van der Waals surface area contributed by atoms with Gasteiger partial charge in [-0.25, -0.2) is 0 Å². The van der Waals surface area contributed by atoms with Crippen molar-refractivity contribution in [1.82, 2.24) is 4.98 Å². The zero-order chi connectivity index (χ0) is 19.6. The fourth-order valence-electron chi connectivity index (χ4n) is 3.18. The number of hydrogen-bond acceptors (Lipinski definition) is 4. The first-order valence-corrected chi connectivity index (χ1v) is 8.87. The van der Waals surface area contributed by atoms with E-state index in [2.05, 4.69) is 16.9 Å². The first-order chi connectivity index (χ1) is 13.0. The Morgan fingerprint density at radius 2 is 2.07 bits per heavy atom. The van der Waals surface area contributed by atoms with Gasteiger partial charge in [-0.3, -0.25) is 9.59 Å². The average Bonchev–Trinajstić information content (AvgIpc) is 2.63. The summed E-state index contributed by atoms with van der Waals surface area (Å²) < 4.78 is 0. The molecular formula is C22H22N2O3. The number of phenols is 1. The lowest BCUT2D eigenvalue weighted by molar-refractivity contribution is 0.0981. The van der Waals surface area contributed by atoms with Crippen molar-refractivity contribution >= 4 is 34.1 Å². The highest BCUT2D eigenvalue weighted by Crippen LogP contribution is 2.32. The SMILES string of the molecule is C=Cc1cccc2c(Nc3ccc(O)cc3C)c(C(=O)CCC)c(=O)[nH]c12. The van der Waals surface area contributed by atoms with Crippen LogP contribution in [-0.4, -0.2) is 15.9 Å². The second kappa shape index (κ2) is 7.50. The van der Waals surface area contributed by atoms with Gasteiger partial charge >= 0.3 is 0 Å². The fourth-order valence-corrected chi connectivity index (χ4v) is 3.18. The molecule has 2 aromatic carbocycles. The number of phenolic OH excluding ortho intramolecular Hbond substituents is 1. The molecule has 3 N–H and O–H groups in total. The number of carbonyl (C=O) groups excluding carboxylic acids is 1. The highest BCUT2D eigenvalue weighted by atomic mass is 16.3. The molecule has 138 valence electrons. The molecule has 0 unspecified atom stereocenters. The number of anilines is 2. The summed E-state index contributed by atoms with van der Waals surface area (Å²) >= 11 is 0. The molecule has 0 aliphatic heterocycles. The van der Waals surface area contributed by atoms with Crippen LogP contribution in [0.5, 0.6) is 5.75 Å². The topological polar surface area (TPSA) is 82.2 Å². The van der Waals surface area contributed by atoms with Gasteiger partial charge in [-0.05, 0) is 42.7 Å². The molecule has 1 aromatic heterocycles. The van der Waals surface area contributed by atoms with E-state index in [0.717, 1.165) is 16.5 Å². The fraction of sp³-hybridized carbons (Fsp3) is 0.182. The molecule has 0 saturated heterocycles. The minimum atomic E-state index is -0.422. The van der Waals surface area contributed by atoms with E-state index < -0.39 is 5.56 Å². The molecule has 27 heavy (non-hydrogen) atoms. The van der Waals surface area contributed by atoms with Gasteiger partial charge in [0.25, 0.3) is 5.56 Å². The third-order valence-corrected chi connectivity index (χ3v) is 4.53. The quantitative estimate of drug-likeness (QED) is 0.430. The predicted octanol–water partition coefficient (Wildman–Crippen LogP) is 4.91. The van der Waals surface area contributed by atoms with Gasteiger partial charge in [0.05, 0.1) is 11.2 Å². The maximum Gasteiger partial charge on any atom is 0.261 e. The number of aromatic hydroxyl groups is 1. The number of aryl methyl sites for hydroxylation is 1. The van der Waals surface area contributed by atoms with E-state index in [0.29, 0.717) is 29.7 Å². The Hall–Kier alpha value is -3.34. The van der Waals surface area contributed by atoms with Gasteiger partial charge in [-0.1, -0.05) is 37.8 Å². The molecule has 5 nitrogen and oxygen atoms in total. The van der Waals surface area contributed by atoms with Gasteiger partial charge in [-0.15, -0.1) is 0 Å². The lowest BCUT2D eigenvalue weighted by Crippen LogP contribution is -2.20. The van der Waals surface area contributed by atoms with E-state index in [9.17, 15) is 14.7 Å².